The summed E-state index contributed by atoms with van der Waals surface area (Å²) in [5, 5.41) is 9.74. The van der Waals surface area contributed by atoms with Crippen molar-refractivity contribution in [1.29, 1.82) is 0 Å². The Bertz CT molecular complexity index is 945. The molecule has 1 aliphatic rings. The van der Waals surface area contributed by atoms with Crippen molar-refractivity contribution in [3.63, 3.8) is 0 Å². The van der Waals surface area contributed by atoms with Gasteiger partial charge in [-0.05, 0) is 76.9 Å². The molecule has 3 rings (SSSR count). The lowest BCUT2D eigenvalue weighted by Crippen LogP contribution is -2.38. The Morgan fingerprint density at radius 3 is 2.65 bits per heavy atom. The number of likely N-dealkylation sites (tertiary alicyclic amines) is 1. The van der Waals surface area contributed by atoms with E-state index in [-0.39, 0.29) is 17.8 Å². The number of aliphatic hydroxyl groups is 1. The van der Waals surface area contributed by atoms with Gasteiger partial charge < -0.3 is 9.84 Å². The first-order valence-corrected chi connectivity index (χ1v) is 11.1. The van der Waals surface area contributed by atoms with Crippen LogP contribution in [-0.2, 0) is 6.54 Å². The lowest BCUT2D eigenvalue weighted by atomic mass is 9.89. The molecule has 2 aromatic rings. The van der Waals surface area contributed by atoms with Gasteiger partial charge >= 0.3 is 0 Å². The van der Waals surface area contributed by atoms with Crippen LogP contribution < -0.4 is 4.74 Å². The maximum absolute atomic E-state index is 13.1. The van der Waals surface area contributed by atoms with E-state index in [0.29, 0.717) is 0 Å². The molecule has 1 fully saturated rings. The number of carbonyl (C=O) groups excluding carboxylic acids is 1. The van der Waals surface area contributed by atoms with Gasteiger partial charge in [-0.2, -0.15) is 0 Å². The maximum Gasteiger partial charge on any atom is 0.167 e. The van der Waals surface area contributed by atoms with E-state index in [1.165, 1.54) is 5.56 Å². The van der Waals surface area contributed by atoms with Crippen molar-refractivity contribution in [3.05, 3.63) is 65.2 Å². The molecule has 1 aliphatic heterocycles. The largest absolute Gasteiger partial charge is 0.491 e. The van der Waals surface area contributed by atoms with Gasteiger partial charge in [0, 0.05) is 30.1 Å². The second-order valence-corrected chi connectivity index (χ2v) is 9.14. The summed E-state index contributed by atoms with van der Waals surface area (Å²) in [6.45, 7) is 9.92. The fourth-order valence-electron chi connectivity index (χ4n) is 3.82. The molecular formula is C27H33NO3. The monoisotopic (exact) mass is 419 g/mol. The summed E-state index contributed by atoms with van der Waals surface area (Å²) in [5.74, 6) is 6.81. The second-order valence-electron chi connectivity index (χ2n) is 9.14. The first kappa shape index (κ1) is 23.1. The molecule has 0 radical (unpaired) electrons. The number of piperidine rings is 1. The third-order valence-electron chi connectivity index (χ3n) is 5.24. The molecule has 4 nitrogen and oxygen atoms in total. The number of ether oxygens (including phenoxy) is 1. The van der Waals surface area contributed by atoms with Gasteiger partial charge in [0.2, 0.25) is 0 Å². The summed E-state index contributed by atoms with van der Waals surface area (Å²) < 4.78 is 5.75. The zero-order chi connectivity index (χ0) is 22.4. The lowest BCUT2D eigenvalue weighted by Gasteiger charge is -2.32. The number of ketones is 1. The molecule has 0 saturated carbocycles. The molecule has 1 saturated heterocycles. The third kappa shape index (κ3) is 7.24. The van der Waals surface area contributed by atoms with Crippen molar-refractivity contribution in [2.24, 2.45) is 5.92 Å². The average Bonchev–Trinajstić information content (AvgIpc) is 2.72. The molecule has 0 aromatic heterocycles. The highest BCUT2D eigenvalue weighted by Gasteiger charge is 2.26. The van der Waals surface area contributed by atoms with Crippen molar-refractivity contribution < 1.29 is 14.6 Å². The topological polar surface area (TPSA) is 49.8 Å². The third-order valence-corrected chi connectivity index (χ3v) is 5.24. The smallest absolute Gasteiger partial charge is 0.167 e. The minimum absolute atomic E-state index is 0.0139. The lowest BCUT2D eigenvalue weighted by molar-refractivity contribution is 0.0811. The quantitative estimate of drug-likeness (QED) is 0.545. The van der Waals surface area contributed by atoms with Gasteiger partial charge in [-0.25, -0.2) is 0 Å². The Labute approximate surface area is 186 Å². The molecule has 0 spiro atoms. The zero-order valence-electron chi connectivity index (χ0n) is 19.0. The molecule has 2 aromatic carbocycles. The normalized spacial score (nSPS) is 17.2. The van der Waals surface area contributed by atoms with Crippen LogP contribution in [0.3, 0.4) is 0 Å². The van der Waals surface area contributed by atoms with E-state index >= 15 is 0 Å². The van der Waals surface area contributed by atoms with Crippen molar-refractivity contribution >= 4 is 5.78 Å². The van der Waals surface area contributed by atoms with Crippen molar-refractivity contribution in [2.45, 2.75) is 58.8 Å². The van der Waals surface area contributed by atoms with Gasteiger partial charge in [-0.15, -0.1) is 0 Å². The maximum atomic E-state index is 13.1. The summed E-state index contributed by atoms with van der Waals surface area (Å²) in [4.78, 5) is 15.5. The molecule has 0 amide bonds. The number of benzene rings is 2. The molecule has 1 unspecified atom stereocenters. The minimum atomic E-state index is -0.992. The van der Waals surface area contributed by atoms with E-state index in [9.17, 15) is 9.90 Å². The molecule has 1 N–H and O–H groups in total. The van der Waals surface area contributed by atoms with Gasteiger partial charge in [-0.1, -0.05) is 36.1 Å². The minimum Gasteiger partial charge on any atom is -0.491 e. The van der Waals surface area contributed by atoms with Crippen LogP contribution in [-0.4, -0.2) is 40.6 Å². The molecule has 1 heterocycles. The van der Waals surface area contributed by atoms with Crippen LogP contribution in [0.1, 0.15) is 62.0 Å². The molecule has 1 atom stereocenters. The fraction of sp³-hybridized carbons (Fsp3) is 0.444. The van der Waals surface area contributed by atoms with Crippen molar-refractivity contribution in [1.82, 2.24) is 4.90 Å². The van der Waals surface area contributed by atoms with Gasteiger partial charge in [0.15, 0.2) is 5.78 Å². The van der Waals surface area contributed by atoms with Crippen molar-refractivity contribution in [2.75, 3.05) is 13.1 Å². The summed E-state index contributed by atoms with van der Waals surface area (Å²) in [6.07, 6.45) is 2.03. The van der Waals surface area contributed by atoms with E-state index in [4.69, 9.17) is 4.74 Å². The molecule has 0 aliphatic carbocycles. The predicted molar refractivity (Wildman–Crippen MR) is 124 cm³/mol. The molecule has 164 valence electrons. The van der Waals surface area contributed by atoms with Gasteiger partial charge in [0.1, 0.15) is 11.4 Å². The number of nitrogens with zero attached hydrogens (tertiary/aromatic N) is 1. The standard InChI is InChI=1S/C27H33NO3/c1-20(2)31-25-9-5-7-23(17-25)26(29)24-8-6-16-28(19-24)18-22-12-10-21(11-13-22)14-15-27(3,4)30/h5,7,9-13,17,20,24,30H,6,8,16,18-19H2,1-4H3. The van der Waals surface area contributed by atoms with Crippen LogP contribution >= 0.6 is 0 Å². The number of carbonyl (C=O) groups is 1. The summed E-state index contributed by atoms with van der Waals surface area (Å²) >= 11 is 0. The molecular weight excluding hydrogens is 386 g/mol. The molecule has 31 heavy (non-hydrogen) atoms. The van der Waals surface area contributed by atoms with Crippen LogP contribution in [0.4, 0.5) is 0 Å². The van der Waals surface area contributed by atoms with Gasteiger partial charge in [-0.3, -0.25) is 9.69 Å². The van der Waals surface area contributed by atoms with Gasteiger partial charge in [0.25, 0.3) is 0 Å². The zero-order valence-corrected chi connectivity index (χ0v) is 19.0. The van der Waals surface area contributed by atoms with E-state index in [0.717, 1.165) is 49.4 Å². The highest BCUT2D eigenvalue weighted by molar-refractivity contribution is 5.98. The number of hydrogen-bond acceptors (Lipinski definition) is 4. The highest BCUT2D eigenvalue weighted by Crippen LogP contribution is 2.24. The summed E-state index contributed by atoms with van der Waals surface area (Å²) in [7, 11) is 0. The Hall–Kier alpha value is -2.61. The van der Waals surface area contributed by atoms with Gasteiger partial charge in [0.05, 0.1) is 6.10 Å². The number of Topliss-reactive ketones (excluding diaryl/α,β-unsaturated/α-hetero) is 1. The van der Waals surface area contributed by atoms with E-state index < -0.39 is 5.60 Å². The first-order chi connectivity index (χ1) is 14.7. The first-order valence-electron chi connectivity index (χ1n) is 11.1. The van der Waals surface area contributed by atoms with Crippen LogP contribution in [0, 0.1) is 17.8 Å². The Balaban J connectivity index is 1.61. The predicted octanol–water partition coefficient (Wildman–Crippen LogP) is 4.69. The summed E-state index contributed by atoms with van der Waals surface area (Å²) in [5.41, 5.74) is 1.84. The average molecular weight is 420 g/mol. The molecule has 0 bridgehead atoms. The number of hydrogen-bond donors (Lipinski definition) is 1. The Morgan fingerprint density at radius 1 is 1.23 bits per heavy atom. The highest BCUT2D eigenvalue weighted by atomic mass is 16.5. The van der Waals surface area contributed by atoms with Crippen LogP contribution in [0.2, 0.25) is 0 Å². The van der Waals surface area contributed by atoms with E-state index in [1.54, 1.807) is 13.8 Å². The van der Waals surface area contributed by atoms with Crippen LogP contribution in [0.5, 0.6) is 5.75 Å². The fourth-order valence-corrected chi connectivity index (χ4v) is 3.82. The Kier molecular flexibility index (Phi) is 7.54. The van der Waals surface area contributed by atoms with E-state index in [1.807, 2.05) is 50.2 Å². The summed E-state index contributed by atoms with van der Waals surface area (Å²) in [6, 6.07) is 15.7. The van der Waals surface area contributed by atoms with Crippen molar-refractivity contribution in [3.8, 4) is 17.6 Å². The van der Waals surface area contributed by atoms with Crippen LogP contribution in [0.25, 0.3) is 0 Å². The Morgan fingerprint density at radius 2 is 1.97 bits per heavy atom. The van der Waals surface area contributed by atoms with E-state index in [2.05, 4.69) is 28.9 Å². The van der Waals surface area contributed by atoms with Crippen LogP contribution in [0.15, 0.2) is 48.5 Å². The number of rotatable bonds is 6. The SMILES string of the molecule is CC(C)Oc1cccc(C(=O)C2CCCN(Cc3ccc(C#CC(C)(C)O)cc3)C2)c1. The molecule has 4 heteroatoms. The second kappa shape index (κ2) is 10.1.